The van der Waals surface area contributed by atoms with Crippen LogP contribution in [0.5, 0.6) is 0 Å². The molecule has 3 N–H and O–H groups in total. The first-order valence-electron chi connectivity index (χ1n) is 7.31. The van der Waals surface area contributed by atoms with Crippen molar-refractivity contribution in [3.05, 3.63) is 0 Å². The number of hydrogen-bond donors (Lipinski definition) is 2. The Labute approximate surface area is 114 Å². The molecule has 4 nitrogen and oxygen atoms in total. The van der Waals surface area contributed by atoms with E-state index in [2.05, 4.69) is 20.8 Å². The van der Waals surface area contributed by atoms with Crippen molar-refractivity contribution in [2.45, 2.75) is 52.9 Å². The Kier molecular flexibility index (Phi) is 3.40. The number of rotatable bonds is 4. The zero-order chi connectivity index (χ0) is 14.4. The van der Waals surface area contributed by atoms with Crippen LogP contribution in [-0.4, -0.2) is 17.0 Å². The molecule has 0 aromatic rings. The van der Waals surface area contributed by atoms with E-state index in [9.17, 15) is 14.7 Å². The van der Waals surface area contributed by atoms with E-state index in [4.69, 9.17) is 5.73 Å². The maximum Gasteiger partial charge on any atom is 0.310 e. The second kappa shape index (κ2) is 4.50. The van der Waals surface area contributed by atoms with Gasteiger partial charge in [0.2, 0.25) is 5.91 Å². The van der Waals surface area contributed by atoms with Gasteiger partial charge in [-0.3, -0.25) is 9.59 Å². The molecule has 0 spiro atoms. The zero-order valence-corrected chi connectivity index (χ0v) is 12.1. The summed E-state index contributed by atoms with van der Waals surface area (Å²) in [4.78, 5) is 24.0. The fraction of sp³-hybridized carbons (Fsp3) is 0.867. The minimum Gasteiger partial charge on any atom is -0.481 e. The van der Waals surface area contributed by atoms with Crippen molar-refractivity contribution in [1.82, 2.24) is 0 Å². The molecular formula is C15H25NO3. The lowest BCUT2D eigenvalue weighted by Gasteiger charge is -2.49. The van der Waals surface area contributed by atoms with Crippen molar-refractivity contribution in [2.24, 2.45) is 34.3 Å². The van der Waals surface area contributed by atoms with Gasteiger partial charge < -0.3 is 10.8 Å². The molecule has 0 bridgehead atoms. The quantitative estimate of drug-likeness (QED) is 0.820. The van der Waals surface area contributed by atoms with E-state index >= 15 is 0 Å². The fourth-order valence-electron chi connectivity index (χ4n) is 4.46. The molecule has 2 aliphatic rings. The number of carboxylic acids is 1. The summed E-state index contributed by atoms with van der Waals surface area (Å²) in [5.41, 5.74) is 4.03. The summed E-state index contributed by atoms with van der Waals surface area (Å²) >= 11 is 0. The third-order valence-corrected chi connectivity index (χ3v) is 5.53. The highest BCUT2D eigenvalue weighted by Gasteiger charge is 2.70. The Morgan fingerprint density at radius 2 is 1.84 bits per heavy atom. The number of hydrogen-bond acceptors (Lipinski definition) is 2. The first-order chi connectivity index (χ1) is 8.78. The van der Waals surface area contributed by atoms with Crippen LogP contribution in [0.15, 0.2) is 0 Å². The maximum atomic E-state index is 12.3. The number of primary amides is 1. The standard InChI is InChI=1S/C15H25NO3/c1-9(2)11-5-4-10(3)8-15(11,12(16)17)14(6-7-14)13(18)19/h9-11H,4-8H2,1-3H3,(H2,16,17)(H,18,19)/t10-,11-,15+/m0/s1. The monoisotopic (exact) mass is 267 g/mol. The highest BCUT2D eigenvalue weighted by molar-refractivity contribution is 5.92. The molecule has 108 valence electrons. The normalized spacial score (nSPS) is 37.1. The van der Waals surface area contributed by atoms with E-state index in [1.165, 1.54) is 0 Å². The predicted octanol–water partition coefficient (Wildman–Crippen LogP) is 2.42. The third-order valence-electron chi connectivity index (χ3n) is 5.53. The van der Waals surface area contributed by atoms with Gasteiger partial charge in [-0.15, -0.1) is 0 Å². The van der Waals surface area contributed by atoms with Gasteiger partial charge in [0.05, 0.1) is 10.8 Å². The third kappa shape index (κ3) is 1.87. The predicted molar refractivity (Wildman–Crippen MR) is 72.3 cm³/mol. The minimum atomic E-state index is -0.886. The van der Waals surface area contributed by atoms with Gasteiger partial charge in [0.25, 0.3) is 0 Å². The highest BCUT2D eigenvalue weighted by atomic mass is 16.4. The maximum absolute atomic E-state index is 12.3. The number of aliphatic carboxylic acids is 1. The molecule has 2 fully saturated rings. The molecule has 0 radical (unpaired) electrons. The summed E-state index contributed by atoms with van der Waals surface area (Å²) in [5, 5.41) is 9.65. The summed E-state index contributed by atoms with van der Waals surface area (Å²) in [6, 6.07) is 0. The second-order valence-corrected chi connectivity index (χ2v) is 6.96. The van der Waals surface area contributed by atoms with Gasteiger partial charge in [0, 0.05) is 0 Å². The van der Waals surface area contributed by atoms with Crippen LogP contribution in [0.1, 0.15) is 52.9 Å². The summed E-state index contributed by atoms with van der Waals surface area (Å²) in [5.74, 6) is -0.459. The topological polar surface area (TPSA) is 80.4 Å². The Morgan fingerprint density at radius 3 is 2.21 bits per heavy atom. The Morgan fingerprint density at radius 1 is 1.26 bits per heavy atom. The van der Waals surface area contributed by atoms with Crippen LogP contribution < -0.4 is 5.73 Å². The van der Waals surface area contributed by atoms with Crippen LogP contribution in [0, 0.1) is 28.6 Å². The molecule has 2 rings (SSSR count). The van der Waals surface area contributed by atoms with E-state index in [0.29, 0.717) is 25.2 Å². The smallest absolute Gasteiger partial charge is 0.310 e. The van der Waals surface area contributed by atoms with Gasteiger partial charge in [0.15, 0.2) is 0 Å². The van der Waals surface area contributed by atoms with Gasteiger partial charge in [-0.25, -0.2) is 0 Å². The van der Waals surface area contributed by atoms with Crippen molar-refractivity contribution in [1.29, 1.82) is 0 Å². The van der Waals surface area contributed by atoms with Crippen molar-refractivity contribution in [3.63, 3.8) is 0 Å². The van der Waals surface area contributed by atoms with E-state index in [1.807, 2.05) is 0 Å². The van der Waals surface area contributed by atoms with Gasteiger partial charge in [-0.1, -0.05) is 27.2 Å². The van der Waals surface area contributed by atoms with Gasteiger partial charge in [0.1, 0.15) is 0 Å². The molecule has 4 heteroatoms. The van der Waals surface area contributed by atoms with E-state index in [0.717, 1.165) is 12.8 Å². The van der Waals surface area contributed by atoms with Crippen molar-refractivity contribution >= 4 is 11.9 Å². The molecular weight excluding hydrogens is 242 g/mol. The average molecular weight is 267 g/mol. The average Bonchev–Trinajstić information content (AvgIpc) is 3.08. The molecule has 0 aromatic heterocycles. The second-order valence-electron chi connectivity index (χ2n) is 6.96. The van der Waals surface area contributed by atoms with E-state index < -0.39 is 22.7 Å². The summed E-state index contributed by atoms with van der Waals surface area (Å²) in [6.45, 7) is 6.26. The SMILES string of the molecule is CC(C)[C@@H]1CC[C@H](C)C[C@@]1(C(N)=O)C1(C(=O)O)CC1. The van der Waals surface area contributed by atoms with E-state index in [-0.39, 0.29) is 11.8 Å². The van der Waals surface area contributed by atoms with Gasteiger partial charge in [-0.2, -0.15) is 0 Å². The number of carboxylic acid groups (broad SMARTS) is 1. The number of carbonyl (C=O) groups is 2. The van der Waals surface area contributed by atoms with Crippen LogP contribution in [-0.2, 0) is 9.59 Å². The Bertz CT molecular complexity index is 400. The summed E-state index contributed by atoms with van der Waals surface area (Å²) in [7, 11) is 0. The summed E-state index contributed by atoms with van der Waals surface area (Å²) in [6.07, 6.45) is 3.81. The largest absolute Gasteiger partial charge is 0.481 e. The molecule has 0 saturated heterocycles. The first kappa shape index (κ1) is 14.4. The van der Waals surface area contributed by atoms with E-state index in [1.54, 1.807) is 0 Å². The molecule has 2 aliphatic carbocycles. The van der Waals surface area contributed by atoms with Crippen molar-refractivity contribution < 1.29 is 14.7 Å². The molecule has 0 aromatic carbocycles. The van der Waals surface area contributed by atoms with Crippen LogP contribution in [0.25, 0.3) is 0 Å². The van der Waals surface area contributed by atoms with Crippen LogP contribution >= 0.6 is 0 Å². The number of nitrogens with two attached hydrogens (primary N) is 1. The lowest BCUT2D eigenvalue weighted by molar-refractivity contribution is -0.165. The Hall–Kier alpha value is -1.06. The molecule has 3 atom stereocenters. The molecule has 0 unspecified atom stereocenters. The molecule has 1 amide bonds. The number of amides is 1. The first-order valence-corrected chi connectivity index (χ1v) is 7.31. The Balaban J connectivity index is 2.51. The summed E-state index contributed by atoms with van der Waals surface area (Å²) < 4.78 is 0. The van der Waals surface area contributed by atoms with Crippen molar-refractivity contribution in [3.8, 4) is 0 Å². The molecule has 0 aliphatic heterocycles. The molecule has 0 heterocycles. The van der Waals surface area contributed by atoms with Crippen LogP contribution in [0.2, 0.25) is 0 Å². The van der Waals surface area contributed by atoms with Crippen LogP contribution in [0.4, 0.5) is 0 Å². The van der Waals surface area contributed by atoms with Gasteiger partial charge >= 0.3 is 5.97 Å². The molecule has 19 heavy (non-hydrogen) atoms. The number of carbonyl (C=O) groups excluding carboxylic acids is 1. The van der Waals surface area contributed by atoms with Crippen molar-refractivity contribution in [2.75, 3.05) is 0 Å². The van der Waals surface area contributed by atoms with Gasteiger partial charge in [-0.05, 0) is 43.4 Å². The zero-order valence-electron chi connectivity index (χ0n) is 12.1. The molecule has 2 saturated carbocycles. The fourth-order valence-corrected chi connectivity index (χ4v) is 4.46. The highest BCUT2D eigenvalue weighted by Crippen LogP contribution is 2.67. The van der Waals surface area contributed by atoms with Crippen LogP contribution in [0.3, 0.4) is 0 Å². The lowest BCUT2D eigenvalue weighted by Crippen LogP contribution is -2.56. The minimum absolute atomic E-state index is 0.0970. The lowest BCUT2D eigenvalue weighted by atomic mass is 9.52.